The summed E-state index contributed by atoms with van der Waals surface area (Å²) in [5.41, 5.74) is 0. The van der Waals surface area contributed by atoms with Gasteiger partial charge in [0.25, 0.3) is 0 Å². The molecule has 0 saturated heterocycles. The van der Waals surface area contributed by atoms with Crippen LogP contribution in [0.15, 0.2) is 22.8 Å². The summed E-state index contributed by atoms with van der Waals surface area (Å²) in [6, 6.07) is 5.06. The number of nitrogens with one attached hydrogen (secondary N) is 1. The molecular formula is C9H13BrN2O2S. The van der Waals surface area contributed by atoms with E-state index in [1.165, 1.54) is 0 Å². The minimum absolute atomic E-state index is 0.319. The Hall–Kier alpha value is -0.620. The maximum atomic E-state index is 11.8. The van der Waals surface area contributed by atoms with Crippen molar-refractivity contribution in [1.82, 2.24) is 4.98 Å². The van der Waals surface area contributed by atoms with Gasteiger partial charge in [0, 0.05) is 0 Å². The molecule has 84 valence electrons. The predicted molar refractivity (Wildman–Crippen MR) is 64.2 cm³/mol. The Morgan fingerprint density at radius 3 is 2.40 bits per heavy atom. The van der Waals surface area contributed by atoms with E-state index in [1.807, 2.05) is 0 Å². The number of halogens is 1. The van der Waals surface area contributed by atoms with Crippen LogP contribution in [0.3, 0.4) is 0 Å². The third-order valence-corrected chi connectivity index (χ3v) is 4.29. The third-order valence-electron chi connectivity index (χ3n) is 1.76. The zero-order chi connectivity index (χ0) is 11.7. The average molecular weight is 293 g/mol. The van der Waals surface area contributed by atoms with Crippen molar-refractivity contribution >= 4 is 31.8 Å². The second kappa shape index (κ2) is 4.09. The molecule has 15 heavy (non-hydrogen) atoms. The molecule has 0 unspecified atom stereocenters. The first-order valence-electron chi connectivity index (χ1n) is 4.37. The zero-order valence-electron chi connectivity index (χ0n) is 8.78. The number of rotatable bonds is 2. The molecule has 0 spiro atoms. The van der Waals surface area contributed by atoms with Gasteiger partial charge in [0.1, 0.15) is 10.4 Å². The van der Waals surface area contributed by atoms with Crippen LogP contribution in [0, 0.1) is 0 Å². The van der Waals surface area contributed by atoms with Gasteiger partial charge in [0.2, 0.25) is 10.0 Å². The molecule has 0 amide bonds. The maximum Gasteiger partial charge on any atom is 0.238 e. The van der Waals surface area contributed by atoms with Gasteiger partial charge in [-0.15, -0.1) is 0 Å². The van der Waals surface area contributed by atoms with Crippen molar-refractivity contribution in [1.29, 1.82) is 0 Å². The lowest BCUT2D eigenvalue weighted by atomic mass is 10.3. The molecule has 0 aliphatic heterocycles. The van der Waals surface area contributed by atoms with Crippen molar-refractivity contribution in [3.05, 3.63) is 22.8 Å². The van der Waals surface area contributed by atoms with E-state index in [0.717, 1.165) is 0 Å². The van der Waals surface area contributed by atoms with Crippen LogP contribution in [0.1, 0.15) is 20.8 Å². The van der Waals surface area contributed by atoms with Gasteiger partial charge in [-0.1, -0.05) is 6.07 Å². The van der Waals surface area contributed by atoms with Gasteiger partial charge < -0.3 is 0 Å². The van der Waals surface area contributed by atoms with E-state index in [9.17, 15) is 8.42 Å². The standard InChI is InChI=1S/C9H13BrN2O2S/c1-9(2,3)15(13,14)12-8-6-4-5-7(10)11-8/h4-6H,1-3H3,(H,11,12). The Morgan fingerprint density at radius 1 is 1.33 bits per heavy atom. The third kappa shape index (κ3) is 3.17. The molecule has 6 heteroatoms. The quantitative estimate of drug-likeness (QED) is 0.852. The molecule has 4 nitrogen and oxygen atoms in total. The van der Waals surface area contributed by atoms with Crippen LogP contribution in [0.2, 0.25) is 0 Å². The number of sulfonamides is 1. The Balaban J connectivity index is 2.98. The fourth-order valence-electron chi connectivity index (χ4n) is 0.756. The molecule has 1 aromatic rings. The molecule has 0 saturated carbocycles. The van der Waals surface area contributed by atoms with Crippen LogP contribution in [0.5, 0.6) is 0 Å². The Bertz CT molecular complexity index is 451. The molecule has 0 aromatic carbocycles. The summed E-state index contributed by atoms with van der Waals surface area (Å²) in [5, 5.41) is 0. The van der Waals surface area contributed by atoms with Crippen molar-refractivity contribution in [2.45, 2.75) is 25.5 Å². The van der Waals surface area contributed by atoms with Crippen LogP contribution >= 0.6 is 15.9 Å². The van der Waals surface area contributed by atoms with Crippen molar-refractivity contribution in [3.8, 4) is 0 Å². The zero-order valence-corrected chi connectivity index (χ0v) is 11.2. The first-order chi connectivity index (χ1) is 6.72. The molecule has 1 heterocycles. The smallest absolute Gasteiger partial charge is 0.238 e. The second-order valence-corrected chi connectivity index (χ2v) is 7.31. The first-order valence-corrected chi connectivity index (χ1v) is 6.65. The van der Waals surface area contributed by atoms with Crippen molar-refractivity contribution in [2.24, 2.45) is 0 Å². The monoisotopic (exact) mass is 292 g/mol. The molecule has 1 N–H and O–H groups in total. The fourth-order valence-corrected chi connectivity index (χ4v) is 1.79. The first kappa shape index (κ1) is 12.4. The molecule has 0 aliphatic carbocycles. The minimum Gasteiger partial charge on any atom is -0.267 e. The molecule has 1 rings (SSSR count). The normalized spacial score (nSPS) is 12.5. The fraction of sp³-hybridized carbons (Fsp3) is 0.444. The van der Waals surface area contributed by atoms with Crippen molar-refractivity contribution in [2.75, 3.05) is 4.72 Å². The number of aromatic nitrogens is 1. The van der Waals surface area contributed by atoms with Crippen molar-refractivity contribution in [3.63, 3.8) is 0 Å². The van der Waals surface area contributed by atoms with E-state index < -0.39 is 14.8 Å². The average Bonchev–Trinajstić information content (AvgIpc) is 2.00. The molecule has 0 bridgehead atoms. The van der Waals surface area contributed by atoms with Gasteiger partial charge in [-0.3, -0.25) is 4.72 Å². The number of hydrogen-bond donors (Lipinski definition) is 1. The largest absolute Gasteiger partial charge is 0.267 e. The van der Waals surface area contributed by atoms with Gasteiger partial charge in [-0.25, -0.2) is 13.4 Å². The van der Waals surface area contributed by atoms with Crippen molar-refractivity contribution < 1.29 is 8.42 Å². The summed E-state index contributed by atoms with van der Waals surface area (Å²) in [7, 11) is -3.40. The van der Waals surface area contributed by atoms with E-state index in [-0.39, 0.29) is 0 Å². The highest BCUT2D eigenvalue weighted by molar-refractivity contribution is 9.10. The summed E-state index contributed by atoms with van der Waals surface area (Å²) >= 11 is 3.17. The number of nitrogens with zero attached hydrogens (tertiary/aromatic N) is 1. The highest BCUT2D eigenvalue weighted by atomic mass is 79.9. The van der Waals surface area contributed by atoms with Gasteiger partial charge in [-0.05, 0) is 48.8 Å². The van der Waals surface area contributed by atoms with Crippen LogP contribution in [-0.4, -0.2) is 18.1 Å². The SMILES string of the molecule is CC(C)(C)S(=O)(=O)Nc1cccc(Br)n1. The van der Waals surface area contributed by atoms with Gasteiger partial charge in [0.15, 0.2) is 0 Å². The van der Waals surface area contributed by atoms with Gasteiger partial charge in [0.05, 0.1) is 4.75 Å². The highest BCUT2D eigenvalue weighted by Gasteiger charge is 2.29. The van der Waals surface area contributed by atoms with Crippen LogP contribution in [-0.2, 0) is 10.0 Å². The molecule has 0 aliphatic rings. The molecule has 0 atom stereocenters. The molecule has 0 fully saturated rings. The summed E-state index contributed by atoms with van der Waals surface area (Å²) in [6.45, 7) is 4.90. The van der Waals surface area contributed by atoms with E-state index in [2.05, 4.69) is 25.6 Å². The molecular weight excluding hydrogens is 280 g/mol. The second-order valence-electron chi connectivity index (χ2n) is 4.06. The topological polar surface area (TPSA) is 59.1 Å². The highest BCUT2D eigenvalue weighted by Crippen LogP contribution is 2.19. The number of anilines is 1. The lowest BCUT2D eigenvalue weighted by Crippen LogP contribution is -2.33. The van der Waals surface area contributed by atoms with E-state index in [4.69, 9.17) is 0 Å². The Morgan fingerprint density at radius 2 is 1.93 bits per heavy atom. The van der Waals surface area contributed by atoms with E-state index >= 15 is 0 Å². The molecule has 0 radical (unpaired) electrons. The lowest BCUT2D eigenvalue weighted by molar-refractivity contribution is 0.566. The maximum absolute atomic E-state index is 11.8. The van der Waals surface area contributed by atoms with Crippen LogP contribution < -0.4 is 4.72 Å². The number of pyridine rings is 1. The molecule has 1 aromatic heterocycles. The summed E-state index contributed by atoms with van der Waals surface area (Å²) in [5.74, 6) is 0.319. The summed E-state index contributed by atoms with van der Waals surface area (Å²) < 4.78 is 25.7. The Labute approximate surface area is 98.3 Å². The number of hydrogen-bond acceptors (Lipinski definition) is 3. The van der Waals surface area contributed by atoms with Gasteiger partial charge in [-0.2, -0.15) is 0 Å². The van der Waals surface area contributed by atoms with E-state index in [0.29, 0.717) is 10.4 Å². The van der Waals surface area contributed by atoms with Gasteiger partial charge >= 0.3 is 0 Å². The Kier molecular flexibility index (Phi) is 3.40. The predicted octanol–water partition coefficient (Wildman–Crippen LogP) is 2.38. The lowest BCUT2D eigenvalue weighted by Gasteiger charge is -2.19. The minimum atomic E-state index is -3.40. The van der Waals surface area contributed by atoms with Crippen LogP contribution in [0.25, 0.3) is 0 Å². The summed E-state index contributed by atoms with van der Waals surface area (Å²) in [6.07, 6.45) is 0. The van der Waals surface area contributed by atoms with Crippen LogP contribution in [0.4, 0.5) is 5.82 Å². The summed E-state index contributed by atoms with van der Waals surface area (Å²) in [4.78, 5) is 4.00. The van der Waals surface area contributed by atoms with E-state index in [1.54, 1.807) is 39.0 Å².